The van der Waals surface area contributed by atoms with Crippen molar-refractivity contribution in [2.24, 2.45) is 0 Å². The highest BCUT2D eigenvalue weighted by Crippen LogP contribution is 2.14. The summed E-state index contributed by atoms with van der Waals surface area (Å²) in [6.45, 7) is 7.03. The Labute approximate surface area is 108 Å². The second-order valence-corrected chi connectivity index (χ2v) is 5.98. The van der Waals surface area contributed by atoms with E-state index in [1.54, 1.807) is 18.4 Å². The molecule has 0 unspecified atom stereocenters. The molecule has 0 spiro atoms. The fourth-order valence-electron chi connectivity index (χ4n) is 1.82. The van der Waals surface area contributed by atoms with Gasteiger partial charge >= 0.3 is 0 Å². The summed E-state index contributed by atoms with van der Waals surface area (Å²) in [5, 5.41) is 12.0. The first kappa shape index (κ1) is 14.6. The number of ether oxygens (including phenoxy) is 1. The lowest BCUT2D eigenvalue weighted by Crippen LogP contribution is -2.38. The average Bonchev–Trinajstić information content (AvgIpc) is 2.68. The molecule has 0 saturated carbocycles. The van der Waals surface area contributed by atoms with Crippen molar-refractivity contribution in [1.82, 2.24) is 4.90 Å². The number of hydrogen-bond donors (Lipinski definition) is 1. The monoisotopic (exact) mass is 257 g/mol. The van der Waals surface area contributed by atoms with Gasteiger partial charge in [-0.3, -0.25) is 4.90 Å². The molecule has 0 radical (unpaired) electrons. The van der Waals surface area contributed by atoms with Crippen LogP contribution in [0.1, 0.15) is 25.1 Å². The van der Waals surface area contributed by atoms with E-state index in [-0.39, 0.29) is 0 Å². The maximum Gasteiger partial charge on any atom is 0.0718 e. The Balaban J connectivity index is 2.46. The zero-order chi connectivity index (χ0) is 12.7. The van der Waals surface area contributed by atoms with Crippen molar-refractivity contribution in [3.63, 3.8) is 0 Å². The summed E-state index contributed by atoms with van der Waals surface area (Å²) >= 11 is 1.76. The Morgan fingerprint density at radius 1 is 1.47 bits per heavy atom. The van der Waals surface area contributed by atoms with Gasteiger partial charge < -0.3 is 9.84 Å². The van der Waals surface area contributed by atoms with Crippen LogP contribution < -0.4 is 0 Å². The van der Waals surface area contributed by atoms with Crippen LogP contribution in [0.2, 0.25) is 0 Å². The Morgan fingerprint density at radius 2 is 2.24 bits per heavy atom. The molecule has 0 bridgehead atoms. The van der Waals surface area contributed by atoms with Crippen molar-refractivity contribution in [1.29, 1.82) is 0 Å². The SMILES string of the molecule is COCCCN(Cc1cccs1)CC(C)(C)O. The Hall–Kier alpha value is -0.420. The van der Waals surface area contributed by atoms with Crippen molar-refractivity contribution >= 4 is 11.3 Å². The van der Waals surface area contributed by atoms with Gasteiger partial charge in [0.25, 0.3) is 0 Å². The van der Waals surface area contributed by atoms with E-state index in [2.05, 4.69) is 22.4 Å². The number of methoxy groups -OCH3 is 1. The fourth-order valence-corrected chi connectivity index (χ4v) is 2.56. The molecule has 4 heteroatoms. The standard InChI is InChI=1S/C13H23NO2S/c1-13(2,15)11-14(7-5-8-16-3)10-12-6-4-9-17-12/h4,6,9,15H,5,7-8,10-11H2,1-3H3. The highest BCUT2D eigenvalue weighted by Gasteiger charge is 2.18. The molecule has 0 aliphatic carbocycles. The van der Waals surface area contributed by atoms with E-state index in [1.165, 1.54) is 4.88 Å². The first-order valence-electron chi connectivity index (χ1n) is 5.97. The van der Waals surface area contributed by atoms with Crippen LogP contribution in [0.25, 0.3) is 0 Å². The molecule has 0 atom stereocenters. The summed E-state index contributed by atoms with van der Waals surface area (Å²) in [5.41, 5.74) is -0.648. The van der Waals surface area contributed by atoms with E-state index in [4.69, 9.17) is 4.74 Å². The van der Waals surface area contributed by atoms with Gasteiger partial charge in [-0.1, -0.05) is 6.07 Å². The first-order valence-corrected chi connectivity index (χ1v) is 6.85. The quantitative estimate of drug-likeness (QED) is 0.726. The van der Waals surface area contributed by atoms with Crippen LogP contribution in [0.4, 0.5) is 0 Å². The topological polar surface area (TPSA) is 32.7 Å². The third-order valence-corrected chi connectivity index (χ3v) is 3.25. The van der Waals surface area contributed by atoms with Crippen LogP contribution in [0.15, 0.2) is 17.5 Å². The van der Waals surface area contributed by atoms with Gasteiger partial charge in [0.2, 0.25) is 0 Å². The van der Waals surface area contributed by atoms with E-state index >= 15 is 0 Å². The molecular formula is C13H23NO2S. The van der Waals surface area contributed by atoms with Crippen molar-refractivity contribution in [3.05, 3.63) is 22.4 Å². The average molecular weight is 257 g/mol. The lowest BCUT2D eigenvalue weighted by atomic mass is 10.1. The molecule has 1 aromatic rings. The second-order valence-electron chi connectivity index (χ2n) is 4.95. The van der Waals surface area contributed by atoms with Crippen molar-refractivity contribution in [2.75, 3.05) is 26.8 Å². The summed E-state index contributed by atoms with van der Waals surface area (Å²) in [7, 11) is 1.72. The zero-order valence-corrected chi connectivity index (χ0v) is 11.8. The molecule has 0 aromatic carbocycles. The van der Waals surface area contributed by atoms with E-state index < -0.39 is 5.60 Å². The third-order valence-electron chi connectivity index (χ3n) is 2.39. The smallest absolute Gasteiger partial charge is 0.0718 e. The minimum absolute atomic E-state index is 0.648. The van der Waals surface area contributed by atoms with Gasteiger partial charge in [0.1, 0.15) is 0 Å². The molecule has 1 rings (SSSR count). The molecule has 98 valence electrons. The lowest BCUT2D eigenvalue weighted by Gasteiger charge is -2.28. The summed E-state index contributed by atoms with van der Waals surface area (Å²) in [5.74, 6) is 0. The van der Waals surface area contributed by atoms with E-state index in [9.17, 15) is 5.11 Å². The molecule has 1 heterocycles. The minimum Gasteiger partial charge on any atom is -0.389 e. The number of nitrogens with zero attached hydrogens (tertiary/aromatic N) is 1. The predicted octanol–water partition coefficient (Wildman–Crippen LogP) is 2.36. The number of thiophene rings is 1. The van der Waals surface area contributed by atoms with E-state index in [1.807, 2.05) is 13.8 Å². The van der Waals surface area contributed by atoms with Crippen molar-refractivity contribution in [2.45, 2.75) is 32.4 Å². The van der Waals surface area contributed by atoms with Gasteiger partial charge in [0.05, 0.1) is 5.60 Å². The molecule has 0 amide bonds. The third kappa shape index (κ3) is 6.78. The van der Waals surface area contributed by atoms with Crippen LogP contribution in [0.5, 0.6) is 0 Å². The predicted molar refractivity (Wildman–Crippen MR) is 72.4 cm³/mol. The summed E-state index contributed by atoms with van der Waals surface area (Å²) in [4.78, 5) is 3.62. The Bertz CT molecular complexity index is 293. The number of aliphatic hydroxyl groups is 1. The Kier molecular flexibility index (Phi) is 6.12. The minimum atomic E-state index is -0.648. The molecule has 0 fully saturated rings. The van der Waals surface area contributed by atoms with Gasteiger partial charge in [-0.05, 0) is 31.7 Å². The maximum atomic E-state index is 9.90. The first-order chi connectivity index (χ1) is 8.01. The van der Waals surface area contributed by atoms with Gasteiger partial charge in [-0.25, -0.2) is 0 Å². The second kappa shape index (κ2) is 7.11. The van der Waals surface area contributed by atoms with Gasteiger partial charge in [-0.2, -0.15) is 0 Å². The van der Waals surface area contributed by atoms with E-state index in [0.29, 0.717) is 6.54 Å². The van der Waals surface area contributed by atoms with Crippen LogP contribution in [0.3, 0.4) is 0 Å². The molecule has 3 nitrogen and oxygen atoms in total. The lowest BCUT2D eigenvalue weighted by molar-refractivity contribution is 0.0309. The summed E-state index contributed by atoms with van der Waals surface area (Å²) < 4.78 is 5.07. The highest BCUT2D eigenvalue weighted by atomic mass is 32.1. The normalized spacial score (nSPS) is 12.3. The van der Waals surface area contributed by atoms with Crippen LogP contribution >= 0.6 is 11.3 Å². The molecule has 17 heavy (non-hydrogen) atoms. The van der Waals surface area contributed by atoms with Crippen molar-refractivity contribution in [3.8, 4) is 0 Å². The van der Waals surface area contributed by atoms with Gasteiger partial charge in [-0.15, -0.1) is 11.3 Å². The molecule has 1 aromatic heterocycles. The molecule has 0 aliphatic heterocycles. The molecule has 1 N–H and O–H groups in total. The van der Waals surface area contributed by atoms with Crippen LogP contribution in [0, 0.1) is 0 Å². The summed E-state index contributed by atoms with van der Waals surface area (Å²) in [6.07, 6.45) is 0.998. The Morgan fingerprint density at radius 3 is 2.76 bits per heavy atom. The van der Waals surface area contributed by atoms with Gasteiger partial charge in [0.15, 0.2) is 0 Å². The zero-order valence-electron chi connectivity index (χ0n) is 11.0. The molecule has 0 saturated heterocycles. The largest absolute Gasteiger partial charge is 0.389 e. The maximum absolute atomic E-state index is 9.90. The van der Waals surface area contributed by atoms with Crippen LogP contribution in [-0.4, -0.2) is 42.4 Å². The fraction of sp³-hybridized carbons (Fsp3) is 0.692. The van der Waals surface area contributed by atoms with E-state index in [0.717, 1.165) is 26.1 Å². The number of rotatable bonds is 8. The number of hydrogen-bond acceptors (Lipinski definition) is 4. The van der Waals surface area contributed by atoms with Crippen molar-refractivity contribution < 1.29 is 9.84 Å². The van der Waals surface area contributed by atoms with Gasteiger partial charge in [0, 0.05) is 38.2 Å². The molecule has 0 aliphatic rings. The highest BCUT2D eigenvalue weighted by molar-refractivity contribution is 7.09. The molecular weight excluding hydrogens is 234 g/mol. The van der Waals surface area contributed by atoms with Crippen LogP contribution in [-0.2, 0) is 11.3 Å². The summed E-state index contributed by atoms with van der Waals surface area (Å²) in [6, 6.07) is 4.20.